The summed E-state index contributed by atoms with van der Waals surface area (Å²) >= 11 is 0. The van der Waals surface area contributed by atoms with Gasteiger partial charge in [-0.15, -0.1) is 0 Å². The van der Waals surface area contributed by atoms with Gasteiger partial charge < -0.3 is 15.1 Å². The fourth-order valence-electron chi connectivity index (χ4n) is 2.81. The highest BCUT2D eigenvalue weighted by molar-refractivity contribution is 5.81. The molecule has 6 heteroatoms. The molecule has 1 aliphatic heterocycles. The summed E-state index contributed by atoms with van der Waals surface area (Å²) in [4.78, 5) is 30.2. The van der Waals surface area contributed by atoms with Gasteiger partial charge in [0.1, 0.15) is 0 Å². The summed E-state index contributed by atoms with van der Waals surface area (Å²) in [6, 6.07) is 9.97. The zero-order valence-corrected chi connectivity index (χ0v) is 14.7. The molecule has 1 aliphatic rings. The van der Waals surface area contributed by atoms with E-state index >= 15 is 0 Å². The molecule has 24 heavy (non-hydrogen) atoms. The zero-order chi connectivity index (χ0) is 17.4. The van der Waals surface area contributed by atoms with E-state index in [2.05, 4.69) is 5.32 Å². The predicted molar refractivity (Wildman–Crippen MR) is 94.5 cm³/mol. The second-order valence-electron chi connectivity index (χ2n) is 6.20. The molecule has 0 aliphatic carbocycles. The highest BCUT2D eigenvalue weighted by Gasteiger charge is 2.20. The van der Waals surface area contributed by atoms with Crippen LogP contribution in [0.15, 0.2) is 30.3 Å². The lowest BCUT2D eigenvalue weighted by atomic mass is 10.2. The number of hydrogen-bond acceptors (Lipinski definition) is 4. The largest absolute Gasteiger partial charge is 0.339 e. The predicted octanol–water partition coefficient (Wildman–Crippen LogP) is 0.399. The van der Waals surface area contributed by atoms with Gasteiger partial charge in [-0.25, -0.2) is 0 Å². The Balaban J connectivity index is 1.81. The normalized spacial score (nSPS) is 14.7. The molecular weight excluding hydrogens is 304 g/mol. The van der Waals surface area contributed by atoms with E-state index in [0.29, 0.717) is 13.1 Å². The number of nitrogens with zero attached hydrogens (tertiary/aromatic N) is 3. The van der Waals surface area contributed by atoms with Crippen LogP contribution in [0.3, 0.4) is 0 Å². The average Bonchev–Trinajstić information content (AvgIpc) is 2.61. The van der Waals surface area contributed by atoms with Gasteiger partial charge in [0.2, 0.25) is 11.8 Å². The van der Waals surface area contributed by atoms with E-state index in [1.165, 1.54) is 0 Å². The number of amides is 2. The minimum absolute atomic E-state index is 0.0527. The second kappa shape index (κ2) is 9.39. The third kappa shape index (κ3) is 5.62. The first-order chi connectivity index (χ1) is 11.6. The molecule has 0 radical (unpaired) electrons. The maximum Gasteiger partial charge on any atom is 0.237 e. The summed E-state index contributed by atoms with van der Waals surface area (Å²) in [5.41, 5.74) is 1.12. The molecule has 1 heterocycles. The summed E-state index contributed by atoms with van der Waals surface area (Å²) < 4.78 is 0. The number of carbonyl (C=O) groups excluding carboxylic acids is 2. The van der Waals surface area contributed by atoms with Crippen LogP contribution in [0, 0.1) is 0 Å². The van der Waals surface area contributed by atoms with Gasteiger partial charge in [-0.2, -0.15) is 0 Å². The maximum absolute atomic E-state index is 12.5. The number of carbonyl (C=O) groups is 2. The zero-order valence-electron chi connectivity index (χ0n) is 14.7. The summed E-state index contributed by atoms with van der Waals surface area (Å²) in [6.45, 7) is 6.97. The van der Waals surface area contributed by atoms with Crippen LogP contribution in [-0.4, -0.2) is 79.4 Å². The van der Waals surface area contributed by atoms with Crippen molar-refractivity contribution in [2.24, 2.45) is 0 Å². The molecule has 1 aromatic rings. The van der Waals surface area contributed by atoms with Gasteiger partial charge in [-0.1, -0.05) is 30.3 Å². The molecular formula is C18H28N4O2. The molecule has 0 saturated carbocycles. The highest BCUT2D eigenvalue weighted by Crippen LogP contribution is 2.05. The molecule has 0 spiro atoms. The Kier molecular flexibility index (Phi) is 7.21. The summed E-state index contributed by atoms with van der Waals surface area (Å²) in [6.07, 6.45) is 0. The van der Waals surface area contributed by atoms with Crippen molar-refractivity contribution in [3.8, 4) is 0 Å². The molecule has 0 aromatic heterocycles. The third-order valence-corrected chi connectivity index (χ3v) is 4.23. The Morgan fingerprint density at radius 3 is 2.42 bits per heavy atom. The molecule has 2 rings (SSSR count). The SMILES string of the molecule is CCN(Cc1ccccc1)C(=O)CN(C)CC(=O)N1CCNCC1. The quantitative estimate of drug-likeness (QED) is 0.785. The molecule has 6 nitrogen and oxygen atoms in total. The molecule has 2 amide bonds. The Bertz CT molecular complexity index is 529. The highest BCUT2D eigenvalue weighted by atomic mass is 16.2. The summed E-state index contributed by atoms with van der Waals surface area (Å²) in [5.74, 6) is 0.148. The minimum Gasteiger partial charge on any atom is -0.339 e. The first-order valence-electron chi connectivity index (χ1n) is 8.59. The van der Waals surface area contributed by atoms with Gasteiger partial charge in [0.05, 0.1) is 13.1 Å². The fraction of sp³-hybridized carbons (Fsp3) is 0.556. The van der Waals surface area contributed by atoms with E-state index < -0.39 is 0 Å². The second-order valence-corrected chi connectivity index (χ2v) is 6.20. The number of piperazine rings is 1. The topological polar surface area (TPSA) is 55.9 Å². The van der Waals surface area contributed by atoms with Crippen LogP contribution in [0.4, 0.5) is 0 Å². The Morgan fingerprint density at radius 2 is 1.79 bits per heavy atom. The molecule has 1 saturated heterocycles. The number of rotatable bonds is 7. The van der Waals surface area contributed by atoms with Gasteiger partial charge in [0.15, 0.2) is 0 Å². The minimum atomic E-state index is 0.0527. The molecule has 0 unspecified atom stereocenters. The Morgan fingerprint density at radius 1 is 1.12 bits per heavy atom. The molecule has 1 fully saturated rings. The van der Waals surface area contributed by atoms with Gasteiger partial charge >= 0.3 is 0 Å². The molecule has 1 N–H and O–H groups in total. The van der Waals surface area contributed by atoms with Crippen molar-refractivity contribution in [3.63, 3.8) is 0 Å². The van der Waals surface area contributed by atoms with Crippen LogP contribution in [0.2, 0.25) is 0 Å². The van der Waals surface area contributed by atoms with Crippen molar-refractivity contribution in [2.75, 3.05) is 52.9 Å². The molecule has 132 valence electrons. The van der Waals surface area contributed by atoms with Crippen molar-refractivity contribution >= 4 is 11.8 Å². The van der Waals surface area contributed by atoms with Gasteiger partial charge in [0.25, 0.3) is 0 Å². The van der Waals surface area contributed by atoms with Crippen molar-refractivity contribution in [2.45, 2.75) is 13.5 Å². The van der Waals surface area contributed by atoms with Crippen molar-refractivity contribution in [3.05, 3.63) is 35.9 Å². The van der Waals surface area contributed by atoms with Crippen LogP contribution in [0.5, 0.6) is 0 Å². The van der Waals surface area contributed by atoms with E-state index in [-0.39, 0.29) is 24.9 Å². The van der Waals surface area contributed by atoms with Crippen molar-refractivity contribution in [1.29, 1.82) is 0 Å². The lowest BCUT2D eigenvalue weighted by molar-refractivity contribution is -0.135. The van der Waals surface area contributed by atoms with E-state index in [1.807, 2.05) is 54.1 Å². The monoisotopic (exact) mass is 332 g/mol. The lowest BCUT2D eigenvalue weighted by Crippen LogP contribution is -2.50. The third-order valence-electron chi connectivity index (χ3n) is 4.23. The number of nitrogens with one attached hydrogen (secondary N) is 1. The first-order valence-corrected chi connectivity index (χ1v) is 8.59. The van der Waals surface area contributed by atoms with Crippen molar-refractivity contribution in [1.82, 2.24) is 20.0 Å². The van der Waals surface area contributed by atoms with Crippen molar-refractivity contribution < 1.29 is 9.59 Å². The fourth-order valence-corrected chi connectivity index (χ4v) is 2.81. The van der Waals surface area contributed by atoms with Crippen LogP contribution in [0.1, 0.15) is 12.5 Å². The van der Waals surface area contributed by atoms with E-state index in [0.717, 1.165) is 31.7 Å². The van der Waals surface area contributed by atoms with E-state index in [4.69, 9.17) is 0 Å². The van der Waals surface area contributed by atoms with Crippen LogP contribution < -0.4 is 5.32 Å². The first kappa shape index (κ1) is 18.4. The summed E-state index contributed by atoms with van der Waals surface area (Å²) in [7, 11) is 1.83. The molecule has 0 atom stereocenters. The molecule has 1 aromatic carbocycles. The van der Waals surface area contributed by atoms with Crippen LogP contribution in [0.25, 0.3) is 0 Å². The Labute approximate surface area is 144 Å². The van der Waals surface area contributed by atoms with E-state index in [9.17, 15) is 9.59 Å². The average molecular weight is 332 g/mol. The number of hydrogen-bond donors (Lipinski definition) is 1. The summed E-state index contributed by atoms with van der Waals surface area (Å²) in [5, 5.41) is 3.23. The number of likely N-dealkylation sites (N-methyl/N-ethyl adjacent to an activating group) is 2. The van der Waals surface area contributed by atoms with Gasteiger partial charge in [-0.3, -0.25) is 14.5 Å². The maximum atomic E-state index is 12.5. The van der Waals surface area contributed by atoms with Crippen LogP contribution >= 0.6 is 0 Å². The molecule has 0 bridgehead atoms. The van der Waals surface area contributed by atoms with Crippen LogP contribution in [-0.2, 0) is 16.1 Å². The van der Waals surface area contributed by atoms with E-state index in [1.54, 1.807) is 4.90 Å². The lowest BCUT2D eigenvalue weighted by Gasteiger charge is -2.30. The Hall–Kier alpha value is -1.92. The smallest absolute Gasteiger partial charge is 0.237 e. The van der Waals surface area contributed by atoms with Gasteiger partial charge in [-0.05, 0) is 19.5 Å². The van der Waals surface area contributed by atoms with Gasteiger partial charge in [0, 0.05) is 39.3 Å². The number of benzene rings is 1. The standard InChI is InChI=1S/C18H28N4O2/c1-3-21(13-16-7-5-4-6-8-16)17(23)14-20(2)15-18(24)22-11-9-19-10-12-22/h4-8,19H,3,9-15H2,1-2H3.